The Labute approximate surface area is 126 Å². The van der Waals surface area contributed by atoms with Crippen LogP contribution in [0.5, 0.6) is 0 Å². The van der Waals surface area contributed by atoms with E-state index in [0.29, 0.717) is 6.04 Å². The normalized spacial score (nSPS) is 23.9. The average molecular weight is 337 g/mol. The highest BCUT2D eigenvalue weighted by Crippen LogP contribution is 2.30. The molecule has 20 heavy (non-hydrogen) atoms. The summed E-state index contributed by atoms with van der Waals surface area (Å²) >= 11 is 3.47. The Balaban J connectivity index is 1.74. The Morgan fingerprint density at radius 3 is 2.80 bits per heavy atom. The predicted molar refractivity (Wildman–Crippen MR) is 79.2 cm³/mol. The van der Waals surface area contributed by atoms with E-state index in [-0.39, 0.29) is 6.10 Å². The second kappa shape index (κ2) is 6.08. The highest BCUT2D eigenvalue weighted by atomic mass is 79.9. The van der Waals surface area contributed by atoms with Crippen molar-refractivity contribution in [3.8, 4) is 0 Å². The van der Waals surface area contributed by atoms with Crippen LogP contribution in [-0.4, -0.2) is 29.3 Å². The molecule has 5 heteroatoms. The molecule has 1 saturated heterocycles. The first-order valence-corrected chi connectivity index (χ1v) is 7.54. The van der Waals surface area contributed by atoms with Crippen LogP contribution in [0.15, 0.2) is 45.5 Å². The molecule has 0 unspecified atom stereocenters. The molecule has 0 amide bonds. The number of benzene rings is 1. The van der Waals surface area contributed by atoms with E-state index in [1.165, 1.54) is 5.56 Å². The van der Waals surface area contributed by atoms with Crippen LogP contribution in [0.2, 0.25) is 0 Å². The van der Waals surface area contributed by atoms with E-state index in [1.54, 1.807) is 6.20 Å². The summed E-state index contributed by atoms with van der Waals surface area (Å²) < 4.78 is 12.3. The number of hydrogen-bond acceptors (Lipinski definition) is 4. The van der Waals surface area contributed by atoms with E-state index in [2.05, 4.69) is 57.2 Å². The molecule has 1 aliphatic heterocycles. The number of morpholine rings is 1. The van der Waals surface area contributed by atoms with Crippen molar-refractivity contribution in [1.82, 2.24) is 10.1 Å². The van der Waals surface area contributed by atoms with Crippen molar-refractivity contribution in [2.45, 2.75) is 25.6 Å². The topological polar surface area (TPSA) is 38.5 Å². The van der Waals surface area contributed by atoms with Crippen LogP contribution in [-0.2, 0) is 11.3 Å². The molecule has 0 radical (unpaired) electrons. The van der Waals surface area contributed by atoms with Gasteiger partial charge in [-0.1, -0.05) is 33.2 Å². The zero-order valence-electron chi connectivity index (χ0n) is 11.3. The average Bonchev–Trinajstić information content (AvgIpc) is 2.95. The summed E-state index contributed by atoms with van der Waals surface area (Å²) in [5.41, 5.74) is 1.21. The van der Waals surface area contributed by atoms with Gasteiger partial charge in [-0.15, -0.1) is 0 Å². The first-order chi connectivity index (χ1) is 9.74. The molecule has 1 aromatic carbocycles. The lowest BCUT2D eigenvalue weighted by molar-refractivity contribution is -0.0723. The molecule has 106 valence electrons. The van der Waals surface area contributed by atoms with E-state index in [9.17, 15) is 0 Å². The molecule has 1 aromatic heterocycles. The molecule has 0 N–H and O–H groups in total. The maximum Gasteiger partial charge on any atom is 0.150 e. The van der Waals surface area contributed by atoms with Crippen LogP contribution in [0, 0.1) is 0 Å². The molecule has 1 fully saturated rings. The molecule has 0 saturated carbocycles. The summed E-state index contributed by atoms with van der Waals surface area (Å²) in [4.78, 5) is 2.37. The number of ether oxygens (including phenoxy) is 1. The van der Waals surface area contributed by atoms with E-state index in [0.717, 1.165) is 29.9 Å². The maximum absolute atomic E-state index is 5.96. The van der Waals surface area contributed by atoms with Crippen LogP contribution in [0.4, 0.5) is 0 Å². The number of aromatic nitrogens is 1. The number of hydrogen-bond donors (Lipinski definition) is 0. The summed E-state index contributed by atoms with van der Waals surface area (Å²) in [5.74, 6) is 0.897. The van der Waals surface area contributed by atoms with Crippen LogP contribution in [0.25, 0.3) is 0 Å². The van der Waals surface area contributed by atoms with Crippen LogP contribution in [0.3, 0.4) is 0 Å². The van der Waals surface area contributed by atoms with Gasteiger partial charge in [-0.2, -0.15) is 0 Å². The highest BCUT2D eigenvalue weighted by molar-refractivity contribution is 9.10. The van der Waals surface area contributed by atoms with Crippen molar-refractivity contribution in [1.29, 1.82) is 0 Å². The standard InChI is InChI=1S/C15H17BrN2O2/c1-11-15(12-2-4-13(16)5-3-12)19-9-8-18(11)10-14-6-7-17-20-14/h2-7,11,15H,8-10H2,1H3/t11-,15+/m1/s1. The van der Waals surface area contributed by atoms with Gasteiger partial charge in [0.2, 0.25) is 0 Å². The quantitative estimate of drug-likeness (QED) is 0.861. The first-order valence-electron chi connectivity index (χ1n) is 6.75. The zero-order chi connectivity index (χ0) is 13.9. The second-order valence-electron chi connectivity index (χ2n) is 5.03. The van der Waals surface area contributed by atoms with Crippen molar-refractivity contribution in [3.63, 3.8) is 0 Å². The molecule has 0 bridgehead atoms. The first kappa shape index (κ1) is 13.8. The molecule has 0 aliphatic carbocycles. The van der Waals surface area contributed by atoms with Crippen molar-refractivity contribution < 1.29 is 9.26 Å². The monoisotopic (exact) mass is 336 g/mol. The van der Waals surface area contributed by atoms with Gasteiger partial charge >= 0.3 is 0 Å². The summed E-state index contributed by atoms with van der Waals surface area (Å²) in [6.45, 7) is 4.62. The minimum atomic E-state index is 0.0970. The van der Waals surface area contributed by atoms with Crippen molar-refractivity contribution >= 4 is 15.9 Å². The fourth-order valence-corrected chi connectivity index (χ4v) is 2.87. The molecule has 3 rings (SSSR count). The Morgan fingerprint density at radius 1 is 1.30 bits per heavy atom. The van der Waals surface area contributed by atoms with Gasteiger partial charge in [0.15, 0.2) is 5.76 Å². The fourth-order valence-electron chi connectivity index (χ4n) is 2.61. The van der Waals surface area contributed by atoms with Crippen LogP contribution < -0.4 is 0 Å². The molecule has 0 spiro atoms. The van der Waals surface area contributed by atoms with E-state index >= 15 is 0 Å². The van der Waals surface area contributed by atoms with Crippen LogP contribution >= 0.6 is 15.9 Å². The Hall–Kier alpha value is -1.17. The third-order valence-electron chi connectivity index (χ3n) is 3.74. The molecule has 2 heterocycles. The van der Waals surface area contributed by atoms with Gasteiger partial charge in [-0.05, 0) is 24.6 Å². The number of halogens is 1. The molecular formula is C15H17BrN2O2. The summed E-state index contributed by atoms with van der Waals surface area (Å²) in [5, 5.41) is 3.76. The van der Waals surface area contributed by atoms with Crippen molar-refractivity contribution in [2.24, 2.45) is 0 Å². The smallest absolute Gasteiger partial charge is 0.150 e. The molecule has 1 aliphatic rings. The van der Waals surface area contributed by atoms with Crippen molar-refractivity contribution in [2.75, 3.05) is 13.2 Å². The summed E-state index contributed by atoms with van der Waals surface area (Å²) in [6.07, 6.45) is 1.78. The Kier molecular flexibility index (Phi) is 4.19. The lowest BCUT2D eigenvalue weighted by Gasteiger charge is -2.39. The minimum absolute atomic E-state index is 0.0970. The molecule has 2 atom stereocenters. The number of nitrogens with zero attached hydrogens (tertiary/aromatic N) is 2. The van der Waals surface area contributed by atoms with Gasteiger partial charge in [0.05, 0.1) is 25.5 Å². The highest BCUT2D eigenvalue weighted by Gasteiger charge is 2.30. The third-order valence-corrected chi connectivity index (χ3v) is 4.27. The van der Waals surface area contributed by atoms with Gasteiger partial charge in [0.1, 0.15) is 0 Å². The van der Waals surface area contributed by atoms with Gasteiger partial charge in [0, 0.05) is 23.1 Å². The fraction of sp³-hybridized carbons (Fsp3) is 0.400. The van der Waals surface area contributed by atoms with Gasteiger partial charge in [-0.3, -0.25) is 4.90 Å². The SMILES string of the molecule is C[C@@H]1[C@@H](c2ccc(Br)cc2)OCCN1Cc1ccno1. The second-order valence-corrected chi connectivity index (χ2v) is 5.95. The van der Waals surface area contributed by atoms with E-state index in [4.69, 9.17) is 9.26 Å². The molecule has 2 aromatic rings. The van der Waals surface area contributed by atoms with E-state index < -0.39 is 0 Å². The van der Waals surface area contributed by atoms with Gasteiger partial charge in [-0.25, -0.2) is 0 Å². The zero-order valence-corrected chi connectivity index (χ0v) is 12.9. The Bertz CT molecular complexity index is 542. The lowest BCUT2D eigenvalue weighted by atomic mass is 10.0. The van der Waals surface area contributed by atoms with Crippen LogP contribution in [0.1, 0.15) is 24.4 Å². The molecule has 4 nitrogen and oxygen atoms in total. The number of rotatable bonds is 3. The molecular weight excluding hydrogens is 320 g/mol. The third kappa shape index (κ3) is 2.95. The van der Waals surface area contributed by atoms with Gasteiger partial charge in [0.25, 0.3) is 0 Å². The summed E-state index contributed by atoms with van der Waals surface area (Å²) in [6, 6.07) is 10.6. The minimum Gasteiger partial charge on any atom is -0.371 e. The predicted octanol–water partition coefficient (Wildman–Crippen LogP) is 3.40. The van der Waals surface area contributed by atoms with E-state index in [1.807, 2.05) is 6.07 Å². The summed E-state index contributed by atoms with van der Waals surface area (Å²) in [7, 11) is 0. The Morgan fingerprint density at radius 2 is 2.10 bits per heavy atom. The van der Waals surface area contributed by atoms with Crippen molar-refractivity contribution in [3.05, 3.63) is 52.3 Å². The van der Waals surface area contributed by atoms with Gasteiger partial charge < -0.3 is 9.26 Å². The lowest BCUT2D eigenvalue weighted by Crippen LogP contribution is -2.44. The maximum atomic E-state index is 5.96. The largest absolute Gasteiger partial charge is 0.371 e.